The van der Waals surface area contributed by atoms with E-state index in [2.05, 4.69) is 203 Å². The first-order valence-corrected chi connectivity index (χ1v) is 17.2. The molecule has 10 rings (SSSR count). The van der Waals surface area contributed by atoms with Gasteiger partial charge in [-0.15, -0.1) is 0 Å². The van der Waals surface area contributed by atoms with E-state index in [-0.39, 0.29) is 0 Å². The monoisotopic (exact) mass is 636 g/mol. The molecule has 0 atom stereocenters. The van der Waals surface area contributed by atoms with Gasteiger partial charge in [0.05, 0.1) is 27.8 Å². The van der Waals surface area contributed by atoms with Crippen LogP contribution < -0.4 is 0 Å². The summed E-state index contributed by atoms with van der Waals surface area (Å²) >= 11 is 0. The van der Waals surface area contributed by atoms with E-state index in [1.54, 1.807) is 0 Å². The summed E-state index contributed by atoms with van der Waals surface area (Å²) in [5, 5.41) is 5.00. The molecule has 234 valence electrons. The van der Waals surface area contributed by atoms with Crippen LogP contribution in [-0.2, 0) is 0 Å². The van der Waals surface area contributed by atoms with Crippen molar-refractivity contribution in [2.75, 3.05) is 0 Å². The highest BCUT2D eigenvalue weighted by atomic mass is 15.0. The Kier molecular flexibility index (Phi) is 6.53. The predicted molar refractivity (Wildman–Crippen MR) is 211 cm³/mol. The second-order valence-corrected chi connectivity index (χ2v) is 12.9. The molecule has 0 bridgehead atoms. The highest BCUT2D eigenvalue weighted by Crippen LogP contribution is 2.43. The zero-order valence-corrected chi connectivity index (χ0v) is 27.4. The highest BCUT2D eigenvalue weighted by molar-refractivity contribution is 6.16. The molecule has 0 spiro atoms. The Hall–Kier alpha value is -6.64. The van der Waals surface area contributed by atoms with Gasteiger partial charge >= 0.3 is 0 Å². The number of rotatable bonds is 5. The minimum atomic E-state index is 1.16. The van der Waals surface area contributed by atoms with Crippen molar-refractivity contribution < 1.29 is 0 Å². The smallest absolute Gasteiger partial charge is 0.0619 e. The summed E-state index contributed by atoms with van der Waals surface area (Å²) < 4.78 is 4.91. The van der Waals surface area contributed by atoms with Crippen LogP contribution in [0.15, 0.2) is 194 Å². The van der Waals surface area contributed by atoms with Gasteiger partial charge in [-0.3, -0.25) is 0 Å². The number of hydrogen-bond donors (Lipinski definition) is 0. The van der Waals surface area contributed by atoms with E-state index in [4.69, 9.17) is 0 Å². The van der Waals surface area contributed by atoms with Crippen LogP contribution in [0.1, 0.15) is 0 Å². The Balaban J connectivity index is 1.30. The Labute approximate surface area is 290 Å². The van der Waals surface area contributed by atoms with Crippen molar-refractivity contribution in [1.29, 1.82) is 0 Å². The van der Waals surface area contributed by atoms with Gasteiger partial charge in [-0.05, 0) is 58.7 Å². The minimum absolute atomic E-state index is 1.16. The first-order chi connectivity index (χ1) is 24.8. The van der Waals surface area contributed by atoms with E-state index >= 15 is 0 Å². The molecule has 0 radical (unpaired) electrons. The Morgan fingerprint density at radius 2 is 0.840 bits per heavy atom. The van der Waals surface area contributed by atoms with Crippen molar-refractivity contribution in [2.45, 2.75) is 0 Å². The van der Waals surface area contributed by atoms with Crippen LogP contribution in [0.25, 0.3) is 88.4 Å². The fraction of sp³-hybridized carbons (Fsp3) is 0. The summed E-state index contributed by atoms with van der Waals surface area (Å²) in [6.07, 6.45) is 0. The van der Waals surface area contributed by atoms with Crippen LogP contribution in [0.2, 0.25) is 0 Å². The molecule has 0 saturated heterocycles. The van der Waals surface area contributed by atoms with E-state index < -0.39 is 0 Å². The molecule has 0 aliphatic rings. The Morgan fingerprint density at radius 3 is 1.58 bits per heavy atom. The summed E-state index contributed by atoms with van der Waals surface area (Å²) in [5.41, 5.74) is 14.3. The number of fused-ring (bicyclic) bond motifs is 6. The SMILES string of the molecule is c1ccc(-c2ccc(-c3ccccc3)c(-n3c4ccccc4c4cccc(-c5ccc6c7ccccc7n(-c7ccccc7)c6c5)c43)c2)cc1. The summed E-state index contributed by atoms with van der Waals surface area (Å²) in [6.45, 7) is 0. The molecular weight excluding hydrogens is 605 g/mol. The molecule has 0 aliphatic heterocycles. The fourth-order valence-electron chi connectivity index (χ4n) is 7.88. The number of para-hydroxylation sites is 4. The number of benzene rings is 8. The second kappa shape index (κ2) is 11.5. The fourth-order valence-corrected chi connectivity index (χ4v) is 7.88. The summed E-state index contributed by atoms with van der Waals surface area (Å²) in [5.74, 6) is 0. The molecule has 0 fully saturated rings. The standard InChI is InChI=1S/C48H32N2/c1-4-15-33(16-5-1)35-27-29-38(34-17-6-2-7-18-34)46(31-35)50-45-26-13-11-22-41(45)43-24-14-23-39(48(43)50)36-28-30-42-40-21-10-12-25-44(40)49(47(42)32-36)37-19-8-3-9-20-37/h1-32H. The van der Waals surface area contributed by atoms with Crippen molar-refractivity contribution in [3.8, 4) is 44.8 Å². The van der Waals surface area contributed by atoms with Gasteiger partial charge < -0.3 is 9.13 Å². The summed E-state index contributed by atoms with van der Waals surface area (Å²) in [7, 11) is 0. The van der Waals surface area contributed by atoms with Gasteiger partial charge in [0, 0.05) is 38.4 Å². The lowest BCUT2D eigenvalue weighted by Gasteiger charge is -2.18. The van der Waals surface area contributed by atoms with E-state index in [0.717, 1.165) is 11.4 Å². The van der Waals surface area contributed by atoms with Crippen LogP contribution >= 0.6 is 0 Å². The zero-order chi connectivity index (χ0) is 33.0. The molecule has 2 nitrogen and oxygen atoms in total. The molecule has 0 aliphatic carbocycles. The van der Waals surface area contributed by atoms with Crippen LogP contribution in [0.5, 0.6) is 0 Å². The van der Waals surface area contributed by atoms with E-state index in [0.29, 0.717) is 0 Å². The zero-order valence-electron chi connectivity index (χ0n) is 27.4. The molecular formula is C48H32N2. The largest absolute Gasteiger partial charge is 0.309 e. The normalized spacial score (nSPS) is 11.6. The van der Waals surface area contributed by atoms with E-state index in [1.807, 2.05) is 0 Å². The van der Waals surface area contributed by atoms with Crippen LogP contribution in [-0.4, -0.2) is 9.13 Å². The molecule has 0 unspecified atom stereocenters. The van der Waals surface area contributed by atoms with Gasteiger partial charge in [0.15, 0.2) is 0 Å². The van der Waals surface area contributed by atoms with Crippen molar-refractivity contribution in [2.24, 2.45) is 0 Å². The van der Waals surface area contributed by atoms with Gasteiger partial charge in [0.25, 0.3) is 0 Å². The number of aromatic nitrogens is 2. The third-order valence-electron chi connectivity index (χ3n) is 10.1. The first kappa shape index (κ1) is 28.4. The predicted octanol–water partition coefficient (Wildman–Crippen LogP) is 12.9. The average molecular weight is 637 g/mol. The lowest BCUT2D eigenvalue weighted by atomic mass is 9.97. The van der Waals surface area contributed by atoms with Gasteiger partial charge in [-0.25, -0.2) is 0 Å². The Bertz CT molecular complexity index is 2840. The number of nitrogens with zero attached hydrogens (tertiary/aromatic N) is 2. The van der Waals surface area contributed by atoms with Crippen LogP contribution in [0.4, 0.5) is 0 Å². The maximum absolute atomic E-state index is 2.51. The second-order valence-electron chi connectivity index (χ2n) is 12.9. The first-order valence-electron chi connectivity index (χ1n) is 17.2. The van der Waals surface area contributed by atoms with Crippen molar-refractivity contribution >= 4 is 43.6 Å². The van der Waals surface area contributed by atoms with Crippen LogP contribution in [0, 0.1) is 0 Å². The van der Waals surface area contributed by atoms with Crippen molar-refractivity contribution in [3.05, 3.63) is 194 Å². The van der Waals surface area contributed by atoms with Gasteiger partial charge in [-0.1, -0.05) is 158 Å². The maximum Gasteiger partial charge on any atom is 0.0619 e. The molecule has 0 saturated carbocycles. The summed E-state index contributed by atoms with van der Waals surface area (Å²) in [6, 6.07) is 70.5. The molecule has 50 heavy (non-hydrogen) atoms. The van der Waals surface area contributed by atoms with Gasteiger partial charge in [0.1, 0.15) is 0 Å². The maximum atomic E-state index is 2.51. The Morgan fingerprint density at radius 1 is 0.280 bits per heavy atom. The van der Waals surface area contributed by atoms with Crippen molar-refractivity contribution in [3.63, 3.8) is 0 Å². The topological polar surface area (TPSA) is 9.86 Å². The molecule has 2 heterocycles. The van der Waals surface area contributed by atoms with Crippen molar-refractivity contribution in [1.82, 2.24) is 9.13 Å². The minimum Gasteiger partial charge on any atom is -0.309 e. The molecule has 2 aromatic heterocycles. The summed E-state index contributed by atoms with van der Waals surface area (Å²) in [4.78, 5) is 0. The molecule has 0 amide bonds. The lowest BCUT2D eigenvalue weighted by molar-refractivity contribution is 1.18. The highest BCUT2D eigenvalue weighted by Gasteiger charge is 2.21. The molecule has 2 heteroatoms. The molecule has 8 aromatic carbocycles. The quantitative estimate of drug-likeness (QED) is 0.178. The van der Waals surface area contributed by atoms with Crippen LogP contribution in [0.3, 0.4) is 0 Å². The number of hydrogen-bond acceptors (Lipinski definition) is 0. The average Bonchev–Trinajstić information content (AvgIpc) is 3.71. The van der Waals surface area contributed by atoms with Gasteiger partial charge in [-0.2, -0.15) is 0 Å². The van der Waals surface area contributed by atoms with E-state index in [9.17, 15) is 0 Å². The van der Waals surface area contributed by atoms with E-state index in [1.165, 1.54) is 77.0 Å². The molecule has 0 N–H and O–H groups in total. The lowest BCUT2D eigenvalue weighted by Crippen LogP contribution is -1.99. The molecule has 10 aromatic rings. The van der Waals surface area contributed by atoms with Gasteiger partial charge in [0.2, 0.25) is 0 Å². The third-order valence-corrected chi connectivity index (χ3v) is 10.1. The third kappa shape index (κ3) is 4.43.